The van der Waals surface area contributed by atoms with Gasteiger partial charge in [-0.2, -0.15) is 0 Å². The highest BCUT2D eigenvalue weighted by atomic mass is 16.6. The van der Waals surface area contributed by atoms with Crippen LogP contribution in [0.3, 0.4) is 0 Å². The maximum atomic E-state index is 12.6. The Kier molecular flexibility index (Phi) is 4.90. The molecule has 1 unspecified atom stereocenters. The lowest BCUT2D eigenvalue weighted by molar-refractivity contribution is -0.385. The van der Waals surface area contributed by atoms with E-state index < -0.39 is 4.92 Å². The lowest BCUT2D eigenvalue weighted by Crippen LogP contribution is -2.40. The van der Waals surface area contributed by atoms with Crippen LogP contribution in [0.4, 0.5) is 5.69 Å². The molecule has 114 valence electrons. The molecule has 6 heteroatoms. The number of hydrogen-bond acceptors (Lipinski definition) is 4. The van der Waals surface area contributed by atoms with Crippen molar-refractivity contribution in [1.82, 2.24) is 4.90 Å². The average molecular weight is 292 g/mol. The van der Waals surface area contributed by atoms with Gasteiger partial charge >= 0.3 is 0 Å². The molecule has 0 aromatic heterocycles. The first-order valence-electron chi connectivity index (χ1n) is 7.18. The Morgan fingerprint density at radius 2 is 2.29 bits per heavy atom. The predicted molar refractivity (Wildman–Crippen MR) is 78.2 cm³/mol. The number of likely N-dealkylation sites (tertiary alicyclic amines) is 1. The Morgan fingerprint density at radius 3 is 2.95 bits per heavy atom. The van der Waals surface area contributed by atoms with E-state index in [9.17, 15) is 14.9 Å². The minimum absolute atomic E-state index is 0.108. The van der Waals surface area contributed by atoms with Crippen LogP contribution in [0.15, 0.2) is 18.2 Å². The SMILES string of the molecule is Cc1ccc([N+](=O)[O-])c(C(=O)N2CCCC(CCO)C2)c1. The summed E-state index contributed by atoms with van der Waals surface area (Å²) in [6, 6.07) is 4.60. The number of amides is 1. The van der Waals surface area contributed by atoms with Crippen molar-refractivity contribution in [3.63, 3.8) is 0 Å². The summed E-state index contributed by atoms with van der Waals surface area (Å²) < 4.78 is 0. The van der Waals surface area contributed by atoms with Crippen molar-refractivity contribution in [2.75, 3.05) is 19.7 Å². The molecule has 1 aliphatic rings. The number of piperidine rings is 1. The molecule has 1 amide bonds. The second kappa shape index (κ2) is 6.67. The van der Waals surface area contributed by atoms with Crippen molar-refractivity contribution in [3.05, 3.63) is 39.4 Å². The van der Waals surface area contributed by atoms with Gasteiger partial charge in [0.25, 0.3) is 11.6 Å². The first kappa shape index (κ1) is 15.4. The summed E-state index contributed by atoms with van der Waals surface area (Å²) >= 11 is 0. The van der Waals surface area contributed by atoms with E-state index in [1.165, 1.54) is 6.07 Å². The van der Waals surface area contributed by atoms with Gasteiger partial charge in [0.15, 0.2) is 0 Å². The Hall–Kier alpha value is -1.95. The van der Waals surface area contributed by atoms with Crippen LogP contribution >= 0.6 is 0 Å². The lowest BCUT2D eigenvalue weighted by Gasteiger charge is -2.32. The van der Waals surface area contributed by atoms with E-state index in [4.69, 9.17) is 5.11 Å². The van der Waals surface area contributed by atoms with Crippen LogP contribution in [0.5, 0.6) is 0 Å². The molecule has 0 aliphatic carbocycles. The summed E-state index contributed by atoms with van der Waals surface area (Å²) in [6.07, 6.45) is 2.52. The maximum Gasteiger partial charge on any atom is 0.282 e. The van der Waals surface area contributed by atoms with Crippen LogP contribution in [-0.2, 0) is 0 Å². The molecule has 2 rings (SSSR count). The van der Waals surface area contributed by atoms with Gasteiger partial charge in [0.1, 0.15) is 5.56 Å². The number of carbonyl (C=O) groups is 1. The molecule has 0 radical (unpaired) electrons. The summed E-state index contributed by atoms with van der Waals surface area (Å²) in [6.45, 7) is 3.10. The molecule has 0 spiro atoms. The first-order chi connectivity index (χ1) is 10.0. The van der Waals surface area contributed by atoms with Gasteiger partial charge in [0.2, 0.25) is 0 Å². The summed E-state index contributed by atoms with van der Waals surface area (Å²) in [5.74, 6) is -0.00962. The fraction of sp³-hybridized carbons (Fsp3) is 0.533. The first-order valence-corrected chi connectivity index (χ1v) is 7.18. The van der Waals surface area contributed by atoms with E-state index in [0.717, 1.165) is 18.4 Å². The number of aryl methyl sites for hydroxylation is 1. The van der Waals surface area contributed by atoms with E-state index in [1.807, 2.05) is 6.92 Å². The number of nitro groups is 1. The molecule has 1 aromatic rings. The van der Waals surface area contributed by atoms with Crippen LogP contribution in [-0.4, -0.2) is 40.5 Å². The average Bonchev–Trinajstić information content (AvgIpc) is 2.46. The number of nitro benzene ring substituents is 1. The number of nitrogens with zero attached hydrogens (tertiary/aromatic N) is 2. The van der Waals surface area contributed by atoms with E-state index in [-0.39, 0.29) is 29.7 Å². The normalized spacial score (nSPS) is 18.6. The highest BCUT2D eigenvalue weighted by Gasteiger charge is 2.28. The second-order valence-electron chi connectivity index (χ2n) is 5.55. The summed E-state index contributed by atoms with van der Waals surface area (Å²) in [5, 5.41) is 20.1. The summed E-state index contributed by atoms with van der Waals surface area (Å²) in [5.41, 5.74) is 0.840. The van der Waals surface area contributed by atoms with E-state index in [0.29, 0.717) is 19.5 Å². The van der Waals surface area contributed by atoms with Gasteiger partial charge < -0.3 is 10.0 Å². The molecular formula is C15H20N2O4. The Balaban J connectivity index is 2.23. The zero-order valence-corrected chi connectivity index (χ0v) is 12.1. The smallest absolute Gasteiger partial charge is 0.282 e. The van der Waals surface area contributed by atoms with Crippen molar-refractivity contribution >= 4 is 11.6 Å². The van der Waals surface area contributed by atoms with Crippen molar-refractivity contribution in [2.24, 2.45) is 5.92 Å². The third-order valence-corrected chi connectivity index (χ3v) is 3.92. The molecule has 1 aromatic carbocycles. The van der Waals surface area contributed by atoms with Gasteiger partial charge in [-0.05, 0) is 43.7 Å². The summed E-state index contributed by atoms with van der Waals surface area (Å²) in [4.78, 5) is 24.8. The Bertz CT molecular complexity index is 542. The molecule has 1 saturated heterocycles. The lowest BCUT2D eigenvalue weighted by atomic mass is 9.94. The predicted octanol–water partition coefficient (Wildman–Crippen LogP) is 2.14. The van der Waals surface area contributed by atoms with Gasteiger partial charge in [-0.15, -0.1) is 0 Å². The van der Waals surface area contributed by atoms with Crippen molar-refractivity contribution < 1.29 is 14.8 Å². The Labute approximate surface area is 123 Å². The van der Waals surface area contributed by atoms with Crippen LogP contribution in [0.2, 0.25) is 0 Å². The molecule has 6 nitrogen and oxygen atoms in total. The quantitative estimate of drug-likeness (QED) is 0.680. The number of hydrogen-bond donors (Lipinski definition) is 1. The molecule has 1 N–H and O–H groups in total. The maximum absolute atomic E-state index is 12.6. The van der Waals surface area contributed by atoms with Crippen molar-refractivity contribution in [1.29, 1.82) is 0 Å². The zero-order chi connectivity index (χ0) is 15.4. The molecule has 1 fully saturated rings. The van der Waals surface area contributed by atoms with Crippen LogP contribution in [0.1, 0.15) is 35.2 Å². The Morgan fingerprint density at radius 1 is 1.52 bits per heavy atom. The highest BCUT2D eigenvalue weighted by Crippen LogP contribution is 2.25. The number of aliphatic hydroxyl groups is 1. The monoisotopic (exact) mass is 292 g/mol. The standard InChI is InChI=1S/C15H20N2O4/c1-11-4-5-14(17(20)21)13(9-11)15(19)16-7-2-3-12(10-16)6-8-18/h4-5,9,12,18H,2-3,6-8,10H2,1H3. The topological polar surface area (TPSA) is 83.7 Å². The van der Waals surface area contributed by atoms with Gasteiger partial charge in [-0.25, -0.2) is 0 Å². The van der Waals surface area contributed by atoms with Crippen LogP contribution < -0.4 is 0 Å². The third-order valence-electron chi connectivity index (χ3n) is 3.92. The van der Waals surface area contributed by atoms with E-state index in [1.54, 1.807) is 17.0 Å². The van der Waals surface area contributed by atoms with Crippen molar-refractivity contribution in [3.8, 4) is 0 Å². The fourth-order valence-corrected chi connectivity index (χ4v) is 2.82. The molecule has 21 heavy (non-hydrogen) atoms. The van der Waals surface area contributed by atoms with Gasteiger partial charge in [-0.1, -0.05) is 6.07 Å². The third kappa shape index (κ3) is 3.58. The van der Waals surface area contributed by atoms with Gasteiger partial charge in [-0.3, -0.25) is 14.9 Å². The van der Waals surface area contributed by atoms with Crippen LogP contribution in [0, 0.1) is 23.0 Å². The zero-order valence-electron chi connectivity index (χ0n) is 12.1. The summed E-state index contributed by atoms with van der Waals surface area (Å²) in [7, 11) is 0. The molecule has 0 saturated carbocycles. The van der Waals surface area contributed by atoms with Gasteiger partial charge in [0.05, 0.1) is 4.92 Å². The number of benzene rings is 1. The van der Waals surface area contributed by atoms with Crippen LogP contribution in [0.25, 0.3) is 0 Å². The van der Waals surface area contributed by atoms with Gasteiger partial charge in [0, 0.05) is 25.8 Å². The van der Waals surface area contributed by atoms with Crippen molar-refractivity contribution in [2.45, 2.75) is 26.2 Å². The number of carbonyl (C=O) groups excluding carboxylic acids is 1. The molecule has 1 heterocycles. The number of aliphatic hydroxyl groups excluding tert-OH is 1. The molecule has 1 aliphatic heterocycles. The number of rotatable bonds is 4. The second-order valence-corrected chi connectivity index (χ2v) is 5.55. The molecule has 1 atom stereocenters. The van der Waals surface area contributed by atoms with E-state index >= 15 is 0 Å². The molecular weight excluding hydrogens is 272 g/mol. The largest absolute Gasteiger partial charge is 0.396 e. The molecule has 0 bridgehead atoms. The minimum atomic E-state index is -0.512. The highest BCUT2D eigenvalue weighted by molar-refractivity contribution is 5.98. The van der Waals surface area contributed by atoms with E-state index in [2.05, 4.69) is 0 Å². The fourth-order valence-electron chi connectivity index (χ4n) is 2.82. The minimum Gasteiger partial charge on any atom is -0.396 e.